The SMILES string of the molecule is O=C(CCNS(=O)(=O)c1ccc(F)cc1)Nc1ccc(Cl)cc1. The standard InChI is InChI=1S/C15H14ClFN2O3S/c16-11-1-5-13(6-2-11)19-15(20)9-10-18-23(21,22)14-7-3-12(17)4-8-14/h1-8,18H,9-10H2,(H,19,20). The van der Waals surface area contributed by atoms with Crippen LogP contribution in [0.15, 0.2) is 53.4 Å². The van der Waals surface area contributed by atoms with Crippen LogP contribution in [0.25, 0.3) is 0 Å². The lowest BCUT2D eigenvalue weighted by Crippen LogP contribution is -2.27. The average molecular weight is 357 g/mol. The van der Waals surface area contributed by atoms with Gasteiger partial charge in [-0.05, 0) is 48.5 Å². The number of anilines is 1. The van der Waals surface area contributed by atoms with E-state index in [0.29, 0.717) is 10.7 Å². The van der Waals surface area contributed by atoms with E-state index in [1.165, 1.54) is 0 Å². The summed E-state index contributed by atoms with van der Waals surface area (Å²) >= 11 is 5.74. The molecule has 8 heteroatoms. The number of benzene rings is 2. The van der Waals surface area contributed by atoms with Crippen LogP contribution in [0.4, 0.5) is 10.1 Å². The van der Waals surface area contributed by atoms with Crippen LogP contribution in [-0.2, 0) is 14.8 Å². The Labute approximate surface area is 138 Å². The molecule has 2 aromatic rings. The van der Waals surface area contributed by atoms with Gasteiger partial charge in [0, 0.05) is 23.7 Å². The van der Waals surface area contributed by atoms with E-state index in [9.17, 15) is 17.6 Å². The molecule has 1 amide bonds. The quantitative estimate of drug-likeness (QED) is 0.835. The number of carbonyl (C=O) groups excluding carboxylic acids is 1. The second-order valence-electron chi connectivity index (χ2n) is 4.66. The molecule has 2 aromatic carbocycles. The predicted molar refractivity (Wildman–Crippen MR) is 86.3 cm³/mol. The molecule has 2 rings (SSSR count). The lowest BCUT2D eigenvalue weighted by molar-refractivity contribution is -0.116. The Morgan fingerprint density at radius 1 is 1.04 bits per heavy atom. The van der Waals surface area contributed by atoms with Crippen LogP contribution in [0, 0.1) is 5.82 Å². The third-order valence-corrected chi connectivity index (χ3v) is 4.62. The molecular formula is C15H14ClFN2O3S. The number of hydrogen-bond donors (Lipinski definition) is 2. The van der Waals surface area contributed by atoms with Crippen molar-refractivity contribution in [2.24, 2.45) is 0 Å². The third-order valence-electron chi connectivity index (χ3n) is 2.90. The van der Waals surface area contributed by atoms with Crippen molar-refractivity contribution >= 4 is 33.2 Å². The Bertz CT molecular complexity index is 777. The van der Waals surface area contributed by atoms with E-state index in [0.717, 1.165) is 24.3 Å². The molecule has 0 aliphatic carbocycles. The van der Waals surface area contributed by atoms with E-state index in [1.54, 1.807) is 24.3 Å². The molecule has 23 heavy (non-hydrogen) atoms. The second-order valence-corrected chi connectivity index (χ2v) is 6.86. The molecule has 0 atom stereocenters. The second kappa shape index (κ2) is 7.54. The van der Waals surface area contributed by atoms with Gasteiger partial charge in [0.1, 0.15) is 5.82 Å². The highest BCUT2D eigenvalue weighted by atomic mass is 35.5. The van der Waals surface area contributed by atoms with E-state index >= 15 is 0 Å². The van der Waals surface area contributed by atoms with E-state index in [1.807, 2.05) is 0 Å². The first-order valence-electron chi connectivity index (χ1n) is 6.67. The van der Waals surface area contributed by atoms with Crippen molar-refractivity contribution in [1.29, 1.82) is 0 Å². The number of halogens is 2. The van der Waals surface area contributed by atoms with Crippen LogP contribution >= 0.6 is 11.6 Å². The van der Waals surface area contributed by atoms with Crippen LogP contribution in [0.1, 0.15) is 6.42 Å². The van der Waals surface area contributed by atoms with Crippen molar-refractivity contribution in [1.82, 2.24) is 4.72 Å². The summed E-state index contributed by atoms with van der Waals surface area (Å²) in [6.45, 7) is -0.0703. The zero-order chi connectivity index (χ0) is 16.9. The lowest BCUT2D eigenvalue weighted by Gasteiger charge is -2.08. The number of sulfonamides is 1. The topological polar surface area (TPSA) is 75.3 Å². The minimum absolute atomic E-state index is 0.0386. The average Bonchev–Trinajstić information content (AvgIpc) is 2.50. The van der Waals surface area contributed by atoms with Gasteiger partial charge < -0.3 is 5.32 Å². The number of nitrogens with one attached hydrogen (secondary N) is 2. The first kappa shape index (κ1) is 17.4. The zero-order valence-electron chi connectivity index (χ0n) is 11.9. The maximum Gasteiger partial charge on any atom is 0.240 e. The first-order chi connectivity index (χ1) is 10.9. The molecular weight excluding hydrogens is 343 g/mol. The maximum absolute atomic E-state index is 12.8. The molecule has 0 saturated heterocycles. The maximum atomic E-state index is 12.8. The fraction of sp³-hybridized carbons (Fsp3) is 0.133. The van der Waals surface area contributed by atoms with Gasteiger partial charge in [-0.1, -0.05) is 11.6 Å². The smallest absolute Gasteiger partial charge is 0.240 e. The summed E-state index contributed by atoms with van der Waals surface area (Å²) in [6, 6.07) is 11.0. The molecule has 122 valence electrons. The zero-order valence-corrected chi connectivity index (χ0v) is 13.5. The molecule has 0 aliphatic rings. The minimum atomic E-state index is -3.77. The summed E-state index contributed by atoms with van der Waals surface area (Å²) in [5.41, 5.74) is 0.570. The van der Waals surface area contributed by atoms with E-state index < -0.39 is 15.8 Å². The Morgan fingerprint density at radius 3 is 2.26 bits per heavy atom. The number of carbonyl (C=O) groups is 1. The third kappa shape index (κ3) is 5.31. The van der Waals surface area contributed by atoms with Crippen molar-refractivity contribution in [2.75, 3.05) is 11.9 Å². The fourth-order valence-corrected chi connectivity index (χ4v) is 2.91. The Balaban J connectivity index is 1.85. The predicted octanol–water partition coefficient (Wildman–Crippen LogP) is 2.79. The summed E-state index contributed by atoms with van der Waals surface area (Å²) in [6.07, 6.45) is -0.0386. The normalized spacial score (nSPS) is 11.2. The fourth-order valence-electron chi connectivity index (χ4n) is 1.75. The van der Waals surface area contributed by atoms with E-state index in [4.69, 9.17) is 11.6 Å². The minimum Gasteiger partial charge on any atom is -0.326 e. The van der Waals surface area contributed by atoms with Crippen molar-refractivity contribution in [3.63, 3.8) is 0 Å². The number of amides is 1. The molecule has 2 N–H and O–H groups in total. The Hall–Kier alpha value is -1.96. The van der Waals surface area contributed by atoms with Crippen molar-refractivity contribution in [2.45, 2.75) is 11.3 Å². The van der Waals surface area contributed by atoms with E-state index in [-0.39, 0.29) is 23.8 Å². The van der Waals surface area contributed by atoms with Crippen LogP contribution in [0.5, 0.6) is 0 Å². The summed E-state index contributed by atoms with van der Waals surface area (Å²) < 4.78 is 39.0. The van der Waals surface area contributed by atoms with Crippen molar-refractivity contribution in [3.05, 3.63) is 59.4 Å². The van der Waals surface area contributed by atoms with Crippen molar-refractivity contribution < 1.29 is 17.6 Å². The van der Waals surface area contributed by atoms with Crippen LogP contribution in [-0.4, -0.2) is 20.9 Å². The largest absolute Gasteiger partial charge is 0.326 e. The molecule has 5 nitrogen and oxygen atoms in total. The first-order valence-corrected chi connectivity index (χ1v) is 8.53. The molecule has 0 radical (unpaired) electrons. The van der Waals surface area contributed by atoms with Gasteiger partial charge in [-0.25, -0.2) is 17.5 Å². The van der Waals surface area contributed by atoms with Gasteiger partial charge in [0.25, 0.3) is 0 Å². The Kier molecular flexibility index (Phi) is 5.70. The molecule has 0 spiro atoms. The monoisotopic (exact) mass is 356 g/mol. The Morgan fingerprint density at radius 2 is 1.65 bits per heavy atom. The van der Waals surface area contributed by atoms with Gasteiger partial charge in [-0.3, -0.25) is 4.79 Å². The lowest BCUT2D eigenvalue weighted by atomic mass is 10.3. The molecule has 0 fully saturated rings. The molecule has 0 bridgehead atoms. The van der Waals surface area contributed by atoms with Crippen LogP contribution in [0.3, 0.4) is 0 Å². The van der Waals surface area contributed by atoms with Gasteiger partial charge in [0.15, 0.2) is 0 Å². The highest BCUT2D eigenvalue weighted by Gasteiger charge is 2.14. The number of rotatable bonds is 6. The van der Waals surface area contributed by atoms with Crippen LogP contribution in [0.2, 0.25) is 5.02 Å². The van der Waals surface area contributed by atoms with Gasteiger partial charge >= 0.3 is 0 Å². The molecule has 0 saturated carbocycles. The van der Waals surface area contributed by atoms with Gasteiger partial charge in [0.2, 0.25) is 15.9 Å². The summed E-state index contributed by atoms with van der Waals surface area (Å²) in [4.78, 5) is 11.7. The van der Waals surface area contributed by atoms with Crippen molar-refractivity contribution in [3.8, 4) is 0 Å². The molecule has 0 aromatic heterocycles. The summed E-state index contributed by atoms with van der Waals surface area (Å²) in [5, 5.41) is 3.17. The van der Waals surface area contributed by atoms with E-state index in [2.05, 4.69) is 10.0 Å². The molecule has 0 heterocycles. The van der Waals surface area contributed by atoms with Gasteiger partial charge in [0.05, 0.1) is 4.90 Å². The highest BCUT2D eigenvalue weighted by molar-refractivity contribution is 7.89. The van der Waals surface area contributed by atoms with Gasteiger partial charge in [-0.15, -0.1) is 0 Å². The van der Waals surface area contributed by atoms with Crippen LogP contribution < -0.4 is 10.0 Å². The highest BCUT2D eigenvalue weighted by Crippen LogP contribution is 2.13. The van der Waals surface area contributed by atoms with Gasteiger partial charge in [-0.2, -0.15) is 0 Å². The molecule has 0 unspecified atom stereocenters. The number of hydrogen-bond acceptors (Lipinski definition) is 3. The summed E-state index contributed by atoms with van der Waals surface area (Å²) in [5.74, 6) is -0.861. The summed E-state index contributed by atoms with van der Waals surface area (Å²) in [7, 11) is -3.77. The molecule has 0 aliphatic heterocycles.